The van der Waals surface area contributed by atoms with Crippen LogP contribution in [-0.2, 0) is 4.79 Å². The van der Waals surface area contributed by atoms with E-state index >= 15 is 0 Å². The van der Waals surface area contributed by atoms with Gasteiger partial charge in [-0.15, -0.1) is 0 Å². The average molecular weight is 269 g/mol. The van der Waals surface area contributed by atoms with Gasteiger partial charge in [0.2, 0.25) is 5.91 Å². The molecule has 19 heavy (non-hydrogen) atoms. The molecule has 1 amide bonds. The first-order chi connectivity index (χ1) is 9.09. The summed E-state index contributed by atoms with van der Waals surface area (Å²) in [6, 6.07) is 0.606. The third-order valence-corrected chi connectivity index (χ3v) is 4.08. The van der Waals surface area contributed by atoms with Crippen LogP contribution in [-0.4, -0.2) is 50.1 Å². The Kier molecular flexibility index (Phi) is 8.07. The quantitative estimate of drug-likeness (QED) is 0.625. The molecule has 1 heterocycles. The zero-order valence-electron chi connectivity index (χ0n) is 12.9. The Morgan fingerprint density at radius 2 is 2.21 bits per heavy atom. The van der Waals surface area contributed by atoms with Gasteiger partial charge in [-0.3, -0.25) is 4.79 Å². The van der Waals surface area contributed by atoms with E-state index < -0.39 is 0 Å². The molecular formula is C15H31N3O. The largest absolute Gasteiger partial charge is 0.356 e. The highest BCUT2D eigenvalue weighted by molar-refractivity contribution is 5.75. The van der Waals surface area contributed by atoms with E-state index in [2.05, 4.69) is 36.4 Å². The third kappa shape index (κ3) is 7.53. The number of unbranched alkanes of at least 4 members (excludes halogenated alkanes) is 1. The van der Waals surface area contributed by atoms with Crippen molar-refractivity contribution in [1.29, 1.82) is 0 Å². The molecule has 4 heteroatoms. The Bertz CT molecular complexity index is 250. The smallest absolute Gasteiger partial charge is 0.220 e. The van der Waals surface area contributed by atoms with E-state index in [-0.39, 0.29) is 5.91 Å². The minimum Gasteiger partial charge on any atom is -0.356 e. The van der Waals surface area contributed by atoms with Crippen LogP contribution in [0.3, 0.4) is 0 Å². The van der Waals surface area contributed by atoms with Crippen molar-refractivity contribution in [3.63, 3.8) is 0 Å². The number of nitrogens with one attached hydrogen (secondary N) is 2. The van der Waals surface area contributed by atoms with Gasteiger partial charge in [-0.05, 0) is 72.1 Å². The molecule has 2 N–H and O–H groups in total. The first-order valence-corrected chi connectivity index (χ1v) is 7.77. The highest BCUT2D eigenvalue weighted by Gasteiger charge is 2.15. The Balaban J connectivity index is 1.92. The molecule has 0 aromatic carbocycles. The Morgan fingerprint density at radius 3 is 2.84 bits per heavy atom. The van der Waals surface area contributed by atoms with Gasteiger partial charge in [-0.25, -0.2) is 0 Å². The molecule has 0 spiro atoms. The van der Waals surface area contributed by atoms with Crippen molar-refractivity contribution in [2.45, 2.75) is 52.0 Å². The third-order valence-electron chi connectivity index (χ3n) is 4.08. The molecule has 1 saturated heterocycles. The second-order valence-corrected chi connectivity index (χ2v) is 6.03. The lowest BCUT2D eigenvalue weighted by molar-refractivity contribution is -0.121. The predicted molar refractivity (Wildman–Crippen MR) is 80.2 cm³/mol. The van der Waals surface area contributed by atoms with E-state index in [4.69, 9.17) is 0 Å². The summed E-state index contributed by atoms with van der Waals surface area (Å²) in [5.74, 6) is 0.939. The van der Waals surface area contributed by atoms with Crippen molar-refractivity contribution in [1.82, 2.24) is 15.5 Å². The lowest BCUT2D eigenvalue weighted by Gasteiger charge is -2.20. The van der Waals surface area contributed by atoms with Crippen molar-refractivity contribution in [3.8, 4) is 0 Å². The summed E-state index contributed by atoms with van der Waals surface area (Å²) >= 11 is 0. The van der Waals surface area contributed by atoms with E-state index in [0.717, 1.165) is 45.4 Å². The van der Waals surface area contributed by atoms with E-state index in [1.54, 1.807) is 0 Å². The van der Waals surface area contributed by atoms with Gasteiger partial charge in [-0.2, -0.15) is 0 Å². The number of carbonyl (C=O) groups is 1. The summed E-state index contributed by atoms with van der Waals surface area (Å²) in [6.07, 6.45) is 5.19. The SMILES string of the molecule is CC(C)N(C)CCCCNC(=O)CCC1CCNC1. The molecule has 112 valence electrons. The van der Waals surface area contributed by atoms with E-state index in [1.807, 2.05) is 0 Å². The topological polar surface area (TPSA) is 44.4 Å². The zero-order chi connectivity index (χ0) is 14.1. The second-order valence-electron chi connectivity index (χ2n) is 6.03. The Labute approximate surface area is 118 Å². The molecule has 1 rings (SSSR count). The minimum absolute atomic E-state index is 0.226. The highest BCUT2D eigenvalue weighted by Crippen LogP contribution is 2.13. The van der Waals surface area contributed by atoms with Gasteiger partial charge in [0, 0.05) is 19.0 Å². The number of amides is 1. The maximum absolute atomic E-state index is 11.7. The van der Waals surface area contributed by atoms with Crippen molar-refractivity contribution < 1.29 is 4.79 Å². The lowest BCUT2D eigenvalue weighted by Crippen LogP contribution is -2.29. The molecule has 0 bridgehead atoms. The van der Waals surface area contributed by atoms with Crippen LogP contribution in [0.15, 0.2) is 0 Å². The summed E-state index contributed by atoms with van der Waals surface area (Å²) in [5, 5.41) is 6.37. The zero-order valence-corrected chi connectivity index (χ0v) is 12.9. The number of nitrogens with zero attached hydrogens (tertiary/aromatic N) is 1. The fourth-order valence-corrected chi connectivity index (χ4v) is 2.36. The van der Waals surface area contributed by atoms with Gasteiger partial charge in [-0.1, -0.05) is 0 Å². The minimum atomic E-state index is 0.226. The summed E-state index contributed by atoms with van der Waals surface area (Å²) < 4.78 is 0. The molecule has 1 atom stereocenters. The van der Waals surface area contributed by atoms with Gasteiger partial charge < -0.3 is 15.5 Å². The summed E-state index contributed by atoms with van der Waals surface area (Å²) in [4.78, 5) is 14.0. The summed E-state index contributed by atoms with van der Waals surface area (Å²) in [7, 11) is 2.15. The molecule has 0 aliphatic carbocycles. The normalized spacial score (nSPS) is 19.3. The van der Waals surface area contributed by atoms with Gasteiger partial charge in [0.1, 0.15) is 0 Å². The molecule has 1 aliphatic heterocycles. The van der Waals surface area contributed by atoms with Gasteiger partial charge in [0.05, 0.1) is 0 Å². The van der Waals surface area contributed by atoms with Crippen LogP contribution in [0, 0.1) is 5.92 Å². The average Bonchev–Trinajstić information content (AvgIpc) is 2.88. The molecule has 0 saturated carbocycles. The van der Waals surface area contributed by atoms with Gasteiger partial charge in [0.25, 0.3) is 0 Å². The lowest BCUT2D eigenvalue weighted by atomic mass is 10.0. The first kappa shape index (κ1) is 16.4. The molecule has 0 radical (unpaired) electrons. The maximum atomic E-state index is 11.7. The molecular weight excluding hydrogens is 238 g/mol. The second kappa shape index (κ2) is 9.32. The van der Waals surface area contributed by atoms with E-state index in [9.17, 15) is 4.79 Å². The van der Waals surface area contributed by atoms with Crippen LogP contribution >= 0.6 is 0 Å². The first-order valence-electron chi connectivity index (χ1n) is 7.77. The van der Waals surface area contributed by atoms with Crippen molar-refractivity contribution in [2.24, 2.45) is 5.92 Å². The van der Waals surface area contributed by atoms with Crippen LogP contribution in [0.1, 0.15) is 46.0 Å². The van der Waals surface area contributed by atoms with Crippen LogP contribution < -0.4 is 10.6 Å². The van der Waals surface area contributed by atoms with Crippen LogP contribution in [0.2, 0.25) is 0 Å². The van der Waals surface area contributed by atoms with Crippen LogP contribution in [0.25, 0.3) is 0 Å². The summed E-state index contributed by atoms with van der Waals surface area (Å²) in [5.41, 5.74) is 0. The highest BCUT2D eigenvalue weighted by atomic mass is 16.1. The van der Waals surface area contributed by atoms with Crippen LogP contribution in [0.5, 0.6) is 0 Å². The van der Waals surface area contributed by atoms with Crippen molar-refractivity contribution in [2.75, 3.05) is 33.2 Å². The van der Waals surface area contributed by atoms with Crippen molar-refractivity contribution in [3.05, 3.63) is 0 Å². The van der Waals surface area contributed by atoms with Crippen molar-refractivity contribution >= 4 is 5.91 Å². The molecule has 4 nitrogen and oxygen atoms in total. The number of hydrogen-bond acceptors (Lipinski definition) is 3. The molecule has 1 aliphatic rings. The van der Waals surface area contributed by atoms with E-state index in [0.29, 0.717) is 18.4 Å². The fourth-order valence-electron chi connectivity index (χ4n) is 2.36. The number of rotatable bonds is 9. The maximum Gasteiger partial charge on any atom is 0.220 e. The van der Waals surface area contributed by atoms with E-state index in [1.165, 1.54) is 6.42 Å². The standard InChI is InChI=1S/C15H31N3O/c1-13(2)18(3)11-5-4-9-17-15(19)7-6-14-8-10-16-12-14/h13-14,16H,4-12H2,1-3H3,(H,17,19). The Morgan fingerprint density at radius 1 is 1.42 bits per heavy atom. The molecule has 1 fully saturated rings. The fraction of sp³-hybridized carbons (Fsp3) is 0.933. The molecule has 0 aromatic heterocycles. The number of hydrogen-bond donors (Lipinski definition) is 2. The molecule has 0 aromatic rings. The van der Waals surface area contributed by atoms with Gasteiger partial charge in [0.15, 0.2) is 0 Å². The summed E-state index contributed by atoms with van der Waals surface area (Å²) in [6.45, 7) is 8.57. The number of carbonyl (C=O) groups excluding carboxylic acids is 1. The van der Waals surface area contributed by atoms with Gasteiger partial charge >= 0.3 is 0 Å². The molecule has 1 unspecified atom stereocenters. The predicted octanol–water partition coefficient (Wildman–Crippen LogP) is 1.61. The Hall–Kier alpha value is -0.610. The monoisotopic (exact) mass is 269 g/mol. The van der Waals surface area contributed by atoms with Crippen LogP contribution in [0.4, 0.5) is 0 Å².